The molecule has 0 aromatic heterocycles. The van der Waals surface area contributed by atoms with E-state index in [0.717, 1.165) is 12.5 Å². The van der Waals surface area contributed by atoms with E-state index in [-0.39, 0.29) is 0 Å². The average molecular weight is 141 g/mol. The highest BCUT2D eigenvalue weighted by atomic mass is 16.5. The smallest absolute Gasteiger partial charge is 0.0700 e. The Kier molecular flexibility index (Phi) is 3.81. The maximum atomic E-state index is 4.79. The fourth-order valence-corrected chi connectivity index (χ4v) is 1.73. The van der Waals surface area contributed by atoms with Crippen molar-refractivity contribution in [3.05, 3.63) is 7.11 Å². The van der Waals surface area contributed by atoms with Gasteiger partial charge in [-0.25, -0.2) is 0 Å². The molecule has 0 aromatic rings. The molecular formula is C9H17O. The monoisotopic (exact) mass is 141 g/mol. The topological polar surface area (TPSA) is 9.23 Å². The summed E-state index contributed by atoms with van der Waals surface area (Å²) in [6, 6.07) is 0. The first-order valence-corrected chi connectivity index (χ1v) is 4.30. The van der Waals surface area contributed by atoms with Crippen molar-refractivity contribution in [2.24, 2.45) is 5.92 Å². The summed E-state index contributed by atoms with van der Waals surface area (Å²) >= 11 is 0. The van der Waals surface area contributed by atoms with Gasteiger partial charge in [0.05, 0.1) is 7.11 Å². The van der Waals surface area contributed by atoms with E-state index < -0.39 is 0 Å². The van der Waals surface area contributed by atoms with Gasteiger partial charge in [0, 0.05) is 6.61 Å². The minimum atomic E-state index is 0.852. The van der Waals surface area contributed by atoms with Crippen LogP contribution in [0.5, 0.6) is 0 Å². The molecule has 0 aromatic carbocycles. The third-order valence-corrected chi connectivity index (χ3v) is 2.40. The summed E-state index contributed by atoms with van der Waals surface area (Å²) < 4.78 is 4.79. The lowest BCUT2D eigenvalue weighted by molar-refractivity contribution is 0.198. The van der Waals surface area contributed by atoms with Gasteiger partial charge in [-0.05, 0) is 12.3 Å². The van der Waals surface area contributed by atoms with Crippen molar-refractivity contribution >= 4 is 0 Å². The lowest BCUT2D eigenvalue weighted by atomic mass is 9.87. The van der Waals surface area contributed by atoms with Crippen molar-refractivity contribution in [1.29, 1.82) is 0 Å². The molecule has 0 heterocycles. The zero-order valence-electron chi connectivity index (χ0n) is 6.64. The van der Waals surface area contributed by atoms with Crippen LogP contribution in [0, 0.1) is 13.0 Å². The molecule has 1 fully saturated rings. The van der Waals surface area contributed by atoms with Crippen LogP contribution >= 0.6 is 0 Å². The van der Waals surface area contributed by atoms with Crippen LogP contribution in [0.4, 0.5) is 0 Å². The molecule has 0 bridgehead atoms. The van der Waals surface area contributed by atoms with Crippen LogP contribution in [0.2, 0.25) is 0 Å². The fourth-order valence-electron chi connectivity index (χ4n) is 1.73. The highest BCUT2D eigenvalue weighted by Crippen LogP contribution is 2.25. The lowest BCUT2D eigenvalue weighted by Crippen LogP contribution is -2.08. The number of hydrogen-bond acceptors (Lipinski definition) is 1. The molecule has 1 rings (SSSR count). The zero-order chi connectivity index (χ0) is 7.23. The van der Waals surface area contributed by atoms with Crippen LogP contribution in [-0.2, 0) is 4.74 Å². The second-order valence-electron chi connectivity index (χ2n) is 3.20. The first-order chi connectivity index (χ1) is 4.93. The highest BCUT2D eigenvalue weighted by Gasteiger charge is 2.11. The first-order valence-electron chi connectivity index (χ1n) is 4.30. The number of rotatable bonds is 3. The van der Waals surface area contributed by atoms with E-state index in [4.69, 9.17) is 4.74 Å². The van der Waals surface area contributed by atoms with Crippen molar-refractivity contribution < 1.29 is 4.74 Å². The van der Waals surface area contributed by atoms with Crippen LogP contribution in [-0.4, -0.2) is 6.61 Å². The zero-order valence-corrected chi connectivity index (χ0v) is 6.64. The van der Waals surface area contributed by atoms with Gasteiger partial charge < -0.3 is 4.74 Å². The van der Waals surface area contributed by atoms with E-state index >= 15 is 0 Å². The summed E-state index contributed by atoms with van der Waals surface area (Å²) in [7, 11) is 3.37. The fraction of sp³-hybridized carbons (Fsp3) is 0.889. The Morgan fingerprint density at radius 1 is 1.20 bits per heavy atom. The van der Waals surface area contributed by atoms with Gasteiger partial charge in [0.2, 0.25) is 0 Å². The molecule has 1 saturated carbocycles. The minimum absolute atomic E-state index is 0.852. The van der Waals surface area contributed by atoms with Crippen LogP contribution in [0.1, 0.15) is 38.5 Å². The highest BCUT2D eigenvalue weighted by molar-refractivity contribution is 4.65. The normalized spacial score (nSPS) is 21.3. The van der Waals surface area contributed by atoms with E-state index in [1.807, 2.05) is 0 Å². The summed E-state index contributed by atoms with van der Waals surface area (Å²) in [4.78, 5) is 0. The summed E-state index contributed by atoms with van der Waals surface area (Å²) in [5.74, 6) is 0.940. The molecule has 10 heavy (non-hydrogen) atoms. The Bertz CT molecular complexity index is 74.8. The van der Waals surface area contributed by atoms with Crippen LogP contribution < -0.4 is 0 Å². The second-order valence-corrected chi connectivity index (χ2v) is 3.20. The molecule has 0 N–H and O–H groups in total. The predicted molar refractivity (Wildman–Crippen MR) is 42.5 cm³/mol. The molecule has 1 aliphatic carbocycles. The van der Waals surface area contributed by atoms with Gasteiger partial charge >= 0.3 is 0 Å². The molecule has 0 atom stereocenters. The Labute approximate surface area is 63.8 Å². The molecule has 0 saturated heterocycles. The second kappa shape index (κ2) is 4.73. The van der Waals surface area contributed by atoms with E-state index in [1.165, 1.54) is 38.5 Å². The molecule has 59 valence electrons. The molecule has 1 heteroatoms. The molecular weight excluding hydrogens is 124 g/mol. The van der Waals surface area contributed by atoms with Crippen molar-refractivity contribution in [3.63, 3.8) is 0 Å². The van der Waals surface area contributed by atoms with Crippen LogP contribution in [0.15, 0.2) is 0 Å². The minimum Gasteiger partial charge on any atom is -0.379 e. The molecule has 1 nitrogen and oxygen atoms in total. The Hall–Kier alpha value is -0.0400. The van der Waals surface area contributed by atoms with Crippen LogP contribution in [0.3, 0.4) is 0 Å². The van der Waals surface area contributed by atoms with Crippen molar-refractivity contribution in [3.8, 4) is 0 Å². The standard InChI is InChI=1S/C9H17O/c1-10-8-7-9-5-3-2-4-6-9/h9H,1-8H2. The summed E-state index contributed by atoms with van der Waals surface area (Å²) in [6.07, 6.45) is 8.38. The number of ether oxygens (including phenoxy) is 1. The van der Waals surface area contributed by atoms with Crippen LogP contribution in [0.25, 0.3) is 0 Å². The first kappa shape index (κ1) is 8.06. The largest absolute Gasteiger partial charge is 0.379 e. The predicted octanol–water partition coefficient (Wildman–Crippen LogP) is 2.76. The van der Waals surface area contributed by atoms with Gasteiger partial charge in [-0.15, -0.1) is 0 Å². The Morgan fingerprint density at radius 3 is 2.50 bits per heavy atom. The molecule has 0 unspecified atom stereocenters. The van der Waals surface area contributed by atoms with Crippen molar-refractivity contribution in [2.45, 2.75) is 38.5 Å². The Balaban J connectivity index is 2.02. The van der Waals surface area contributed by atoms with Gasteiger partial charge in [-0.1, -0.05) is 32.1 Å². The summed E-state index contributed by atoms with van der Waals surface area (Å²) in [5.41, 5.74) is 0. The van der Waals surface area contributed by atoms with Gasteiger partial charge in [-0.2, -0.15) is 0 Å². The van der Waals surface area contributed by atoms with E-state index in [9.17, 15) is 0 Å². The van der Waals surface area contributed by atoms with Gasteiger partial charge in [0.25, 0.3) is 0 Å². The molecule has 0 aliphatic heterocycles. The van der Waals surface area contributed by atoms with Crippen molar-refractivity contribution in [2.75, 3.05) is 6.61 Å². The SMILES string of the molecule is [CH2]OCCC1CCCCC1. The van der Waals surface area contributed by atoms with Gasteiger partial charge in [0.15, 0.2) is 0 Å². The van der Waals surface area contributed by atoms with Gasteiger partial charge in [-0.3, -0.25) is 0 Å². The van der Waals surface area contributed by atoms with Crippen molar-refractivity contribution in [1.82, 2.24) is 0 Å². The molecule has 0 amide bonds. The molecule has 1 radical (unpaired) electrons. The molecule has 0 spiro atoms. The number of hydrogen-bond donors (Lipinski definition) is 0. The Morgan fingerprint density at radius 2 is 1.90 bits per heavy atom. The lowest BCUT2D eigenvalue weighted by Gasteiger charge is -2.20. The summed E-state index contributed by atoms with van der Waals surface area (Å²) in [6.45, 7) is 0.852. The maximum Gasteiger partial charge on any atom is 0.0700 e. The maximum absolute atomic E-state index is 4.79. The third kappa shape index (κ3) is 2.70. The average Bonchev–Trinajstić information content (AvgIpc) is 2.03. The van der Waals surface area contributed by atoms with E-state index in [2.05, 4.69) is 7.11 Å². The summed E-state index contributed by atoms with van der Waals surface area (Å²) in [5, 5.41) is 0. The van der Waals surface area contributed by atoms with E-state index in [1.54, 1.807) is 0 Å². The third-order valence-electron chi connectivity index (χ3n) is 2.40. The quantitative estimate of drug-likeness (QED) is 0.587. The molecule has 1 aliphatic rings. The van der Waals surface area contributed by atoms with E-state index in [0.29, 0.717) is 0 Å². The van der Waals surface area contributed by atoms with Gasteiger partial charge in [0.1, 0.15) is 0 Å².